The van der Waals surface area contributed by atoms with Crippen LogP contribution in [-0.4, -0.2) is 54.3 Å². The number of nitrogens with two attached hydrogens (primary N) is 1. The molecule has 6 nitrogen and oxygen atoms in total. The zero-order chi connectivity index (χ0) is 33.5. The third kappa shape index (κ3) is 4.97. The van der Waals surface area contributed by atoms with E-state index in [9.17, 15) is 15.0 Å². The number of aliphatic hydroxyl groups excluding tert-OH is 1. The van der Waals surface area contributed by atoms with Gasteiger partial charge < -0.3 is 25.4 Å². The molecule has 0 aromatic heterocycles. The summed E-state index contributed by atoms with van der Waals surface area (Å²) in [5.74, 6) is 0.120. The highest BCUT2D eigenvalue weighted by atomic mass is 16.5. The second-order valence-electron chi connectivity index (χ2n) is 18.7. The fourth-order valence-corrected chi connectivity index (χ4v) is 11.2. The second-order valence-corrected chi connectivity index (χ2v) is 18.7. The topological polar surface area (TPSA) is 102 Å². The minimum Gasteiger partial charge on any atom is -0.481 e. The van der Waals surface area contributed by atoms with Crippen LogP contribution in [0.4, 0.5) is 0 Å². The number of allylic oxidation sites excluding steroid dienone is 1. The van der Waals surface area contributed by atoms with Gasteiger partial charge in [0.2, 0.25) is 0 Å². The molecular weight excluding hydrogens is 550 g/mol. The number of aliphatic carboxylic acids is 1. The van der Waals surface area contributed by atoms with Gasteiger partial charge in [-0.25, -0.2) is 0 Å². The van der Waals surface area contributed by atoms with Crippen molar-refractivity contribution < 1.29 is 24.5 Å². The molecule has 11 atom stereocenters. The van der Waals surface area contributed by atoms with Crippen molar-refractivity contribution in [3.63, 3.8) is 0 Å². The van der Waals surface area contributed by atoms with E-state index in [0.29, 0.717) is 24.9 Å². The monoisotopic (exact) mass is 618 g/mol. The standard InChI is InChI=1S/C38H67NO5/c1-23(2)24(3)34(9)18-19-35(10)25-14-15-28-33(7,8)30(44-22-37(12,39)32(4,5)6)27(43-13)20-38(28,21-40)26(25)16-17-36(35,11)29(34)31(41)42/h16,23-25,27-30,40H,14-15,17-22,39H2,1-13H3,(H,41,42)/t24-,25+,27-,28+,29-,30+,34-,35-,36+,37-,38+/m1/s1. The molecule has 0 bridgehead atoms. The maximum absolute atomic E-state index is 13.3. The lowest BCUT2D eigenvalue weighted by atomic mass is 9.34. The van der Waals surface area contributed by atoms with E-state index in [0.717, 1.165) is 32.1 Å². The van der Waals surface area contributed by atoms with E-state index in [-0.39, 0.29) is 57.7 Å². The molecule has 0 saturated heterocycles. The normalized spacial score (nSPS) is 44.1. The Bertz CT molecular complexity index is 1120. The molecular formula is C38H67NO5. The third-order valence-corrected chi connectivity index (χ3v) is 15.3. The second kappa shape index (κ2) is 11.3. The van der Waals surface area contributed by atoms with Crippen LogP contribution in [0, 0.1) is 62.1 Å². The van der Waals surface area contributed by atoms with Crippen LogP contribution in [0.25, 0.3) is 0 Å². The first-order valence-corrected chi connectivity index (χ1v) is 17.5. The van der Waals surface area contributed by atoms with E-state index in [1.807, 2.05) is 0 Å². The van der Waals surface area contributed by atoms with E-state index in [4.69, 9.17) is 15.2 Å². The highest BCUT2D eigenvalue weighted by molar-refractivity contribution is 5.73. The van der Waals surface area contributed by atoms with E-state index in [1.165, 1.54) is 5.57 Å². The number of carbonyl (C=O) groups is 1. The smallest absolute Gasteiger partial charge is 0.307 e. The van der Waals surface area contributed by atoms with Crippen molar-refractivity contribution in [2.45, 2.75) is 139 Å². The molecule has 0 amide bonds. The Hall–Kier alpha value is -0.950. The van der Waals surface area contributed by atoms with E-state index in [1.54, 1.807) is 7.11 Å². The first kappa shape index (κ1) is 35.9. The SMILES string of the molecule is CO[C@@H]1C[C@]2(CO)C3=CC[C@@]4(C)[C@H](C(=O)O)[C@@](C)([C@H](C)C(C)C)CC[C@]4(C)[C@H]3CC[C@H]2C(C)(C)[C@H]1OC[C@@](C)(N)C(C)(C)C. The van der Waals surface area contributed by atoms with E-state index in [2.05, 4.69) is 89.2 Å². The van der Waals surface area contributed by atoms with Crippen molar-refractivity contribution >= 4 is 5.97 Å². The summed E-state index contributed by atoms with van der Waals surface area (Å²) in [5, 5.41) is 22.4. The van der Waals surface area contributed by atoms with Crippen molar-refractivity contribution in [1.82, 2.24) is 0 Å². The van der Waals surface area contributed by atoms with Gasteiger partial charge in [0.1, 0.15) is 0 Å². The molecule has 0 spiro atoms. The molecule has 0 aromatic carbocycles. The van der Waals surface area contributed by atoms with Crippen molar-refractivity contribution in [3.8, 4) is 0 Å². The zero-order valence-electron chi connectivity index (χ0n) is 30.5. The molecule has 0 radical (unpaired) electrons. The molecule has 0 aromatic rings. The highest BCUT2D eigenvalue weighted by Gasteiger charge is 2.70. The van der Waals surface area contributed by atoms with Crippen LogP contribution in [0.3, 0.4) is 0 Å². The van der Waals surface area contributed by atoms with Gasteiger partial charge in [0.05, 0.1) is 31.3 Å². The number of rotatable bonds is 8. The van der Waals surface area contributed by atoms with Crippen LogP contribution in [0.15, 0.2) is 11.6 Å². The Kier molecular flexibility index (Phi) is 9.25. The van der Waals surface area contributed by atoms with Crippen LogP contribution in [0.1, 0.15) is 122 Å². The van der Waals surface area contributed by atoms with Crippen molar-refractivity contribution in [2.24, 2.45) is 67.8 Å². The average Bonchev–Trinajstić information content (AvgIpc) is 2.91. The highest BCUT2D eigenvalue weighted by Crippen LogP contribution is 2.74. The molecule has 4 N–H and O–H groups in total. The summed E-state index contributed by atoms with van der Waals surface area (Å²) in [6.07, 6.45) is 7.43. The van der Waals surface area contributed by atoms with Crippen molar-refractivity contribution in [3.05, 3.63) is 11.6 Å². The average molecular weight is 618 g/mol. The number of fused-ring (bicyclic) bond motifs is 5. The van der Waals surface area contributed by atoms with Gasteiger partial charge in [0.15, 0.2) is 0 Å². The van der Waals surface area contributed by atoms with Gasteiger partial charge in [-0.2, -0.15) is 0 Å². The lowest BCUT2D eigenvalue weighted by Crippen LogP contribution is -2.67. The lowest BCUT2D eigenvalue weighted by Gasteiger charge is -2.70. The molecule has 44 heavy (non-hydrogen) atoms. The maximum Gasteiger partial charge on any atom is 0.307 e. The summed E-state index contributed by atoms with van der Waals surface area (Å²) in [5.41, 5.74) is 6.04. The largest absolute Gasteiger partial charge is 0.481 e. The zero-order valence-corrected chi connectivity index (χ0v) is 30.5. The summed E-state index contributed by atoms with van der Waals surface area (Å²) in [7, 11) is 1.77. The molecule has 4 rings (SSSR count). The minimum absolute atomic E-state index is 0.0733. The quantitative estimate of drug-likeness (QED) is 0.241. The fraction of sp³-hybridized carbons (Fsp3) is 0.921. The minimum atomic E-state index is -0.642. The first-order valence-electron chi connectivity index (χ1n) is 17.5. The summed E-state index contributed by atoms with van der Waals surface area (Å²) < 4.78 is 13.0. The first-order chi connectivity index (χ1) is 20.0. The number of hydrogen-bond acceptors (Lipinski definition) is 5. The number of carboxylic acids is 1. The number of ether oxygens (including phenoxy) is 2. The molecule has 3 fully saturated rings. The van der Waals surface area contributed by atoms with Crippen molar-refractivity contribution in [1.29, 1.82) is 0 Å². The molecule has 6 heteroatoms. The van der Waals surface area contributed by atoms with Gasteiger partial charge in [-0.05, 0) is 96.2 Å². The van der Waals surface area contributed by atoms with Gasteiger partial charge >= 0.3 is 5.97 Å². The van der Waals surface area contributed by atoms with Crippen LogP contribution in [0.5, 0.6) is 0 Å². The molecule has 4 aliphatic rings. The lowest BCUT2D eigenvalue weighted by molar-refractivity contribution is -0.224. The molecule has 4 aliphatic carbocycles. The summed E-state index contributed by atoms with van der Waals surface area (Å²) >= 11 is 0. The Morgan fingerprint density at radius 2 is 1.66 bits per heavy atom. The van der Waals surface area contributed by atoms with Gasteiger partial charge in [-0.1, -0.05) is 87.8 Å². The predicted octanol–water partition coefficient (Wildman–Crippen LogP) is 7.72. The summed E-state index contributed by atoms with van der Waals surface area (Å²) in [6.45, 7) is 27.3. The van der Waals surface area contributed by atoms with Gasteiger partial charge in [-0.15, -0.1) is 0 Å². The van der Waals surface area contributed by atoms with E-state index >= 15 is 0 Å². The Morgan fingerprint density at radius 3 is 2.16 bits per heavy atom. The van der Waals surface area contributed by atoms with Gasteiger partial charge in [0.25, 0.3) is 0 Å². The number of aliphatic hydroxyl groups is 1. The summed E-state index contributed by atoms with van der Waals surface area (Å²) in [6, 6.07) is 0. The molecule has 3 saturated carbocycles. The van der Waals surface area contributed by atoms with Crippen LogP contribution in [0.2, 0.25) is 0 Å². The molecule has 0 aliphatic heterocycles. The Morgan fingerprint density at radius 1 is 1.05 bits per heavy atom. The Balaban J connectivity index is 1.77. The van der Waals surface area contributed by atoms with Crippen LogP contribution in [-0.2, 0) is 14.3 Å². The predicted molar refractivity (Wildman–Crippen MR) is 178 cm³/mol. The van der Waals surface area contributed by atoms with E-state index < -0.39 is 22.8 Å². The number of hydrogen-bond donors (Lipinski definition) is 3. The van der Waals surface area contributed by atoms with Gasteiger partial charge in [-0.3, -0.25) is 4.79 Å². The maximum atomic E-state index is 13.3. The molecule has 254 valence electrons. The fourth-order valence-electron chi connectivity index (χ4n) is 11.2. The van der Waals surface area contributed by atoms with Crippen LogP contribution >= 0.6 is 0 Å². The van der Waals surface area contributed by atoms with Crippen molar-refractivity contribution in [2.75, 3.05) is 20.3 Å². The summed E-state index contributed by atoms with van der Waals surface area (Å²) in [4.78, 5) is 13.3. The third-order valence-electron chi connectivity index (χ3n) is 15.3. The van der Waals surface area contributed by atoms with Crippen LogP contribution < -0.4 is 5.73 Å². The number of carboxylic acid groups (broad SMARTS) is 1. The van der Waals surface area contributed by atoms with Gasteiger partial charge in [0, 0.05) is 18.1 Å². The number of methoxy groups -OCH3 is 1. The Labute approximate surface area is 269 Å². The molecule has 0 unspecified atom stereocenters. The molecule has 0 heterocycles.